The first-order valence-electron chi connectivity index (χ1n) is 7.07. The maximum absolute atomic E-state index is 14.0. The average molecular weight is 321 g/mol. The summed E-state index contributed by atoms with van der Waals surface area (Å²) in [5, 5.41) is 0. The second-order valence-corrected chi connectivity index (χ2v) is 5.65. The van der Waals surface area contributed by atoms with E-state index in [2.05, 4.69) is 0 Å². The number of anilines is 1. The molecule has 122 valence electrons. The highest BCUT2D eigenvalue weighted by Crippen LogP contribution is 2.33. The van der Waals surface area contributed by atoms with E-state index in [0.29, 0.717) is 5.56 Å². The third kappa shape index (κ3) is 2.21. The molecule has 0 spiro atoms. The first kappa shape index (κ1) is 15.3. The largest absolute Gasteiger partial charge is 0.494 e. The lowest BCUT2D eigenvalue weighted by Gasteiger charge is -2.32. The van der Waals surface area contributed by atoms with Gasteiger partial charge in [-0.05, 0) is 18.6 Å². The number of imide groups is 1. The standard InChI is InChI=1S/C15H16FN3O4/c1-8-4-12(23-3)9(16)5-10(8)19-14(21)11-6-17(2)13(20)7-18(11)15(19)22/h4-5,11H,6-7H2,1-3H3. The molecule has 0 aromatic heterocycles. The van der Waals surface area contributed by atoms with Crippen LogP contribution in [0.2, 0.25) is 0 Å². The van der Waals surface area contributed by atoms with Crippen LogP contribution in [0.5, 0.6) is 5.75 Å². The Labute approximate surface area is 132 Å². The normalized spacial score (nSPS) is 21.1. The Morgan fingerprint density at radius 2 is 1.96 bits per heavy atom. The van der Waals surface area contributed by atoms with E-state index in [1.807, 2.05) is 0 Å². The summed E-state index contributed by atoms with van der Waals surface area (Å²) in [4.78, 5) is 40.5. The van der Waals surface area contributed by atoms with E-state index in [9.17, 15) is 18.8 Å². The monoisotopic (exact) mass is 321 g/mol. The van der Waals surface area contributed by atoms with Crippen LogP contribution in [0, 0.1) is 12.7 Å². The number of rotatable bonds is 2. The molecule has 0 aliphatic carbocycles. The van der Waals surface area contributed by atoms with E-state index in [-0.39, 0.29) is 30.4 Å². The number of benzene rings is 1. The number of likely N-dealkylation sites (N-methyl/N-ethyl adjacent to an activating group) is 1. The average Bonchev–Trinajstić information content (AvgIpc) is 2.73. The number of urea groups is 1. The van der Waals surface area contributed by atoms with E-state index in [0.717, 1.165) is 11.0 Å². The number of nitrogens with zero attached hydrogens (tertiary/aromatic N) is 3. The summed E-state index contributed by atoms with van der Waals surface area (Å²) >= 11 is 0. The molecule has 2 aliphatic rings. The van der Waals surface area contributed by atoms with E-state index in [1.165, 1.54) is 23.0 Å². The highest BCUT2D eigenvalue weighted by atomic mass is 19.1. The van der Waals surface area contributed by atoms with Crippen molar-refractivity contribution >= 4 is 23.5 Å². The molecule has 1 aromatic rings. The van der Waals surface area contributed by atoms with Gasteiger partial charge in [-0.2, -0.15) is 0 Å². The van der Waals surface area contributed by atoms with Gasteiger partial charge in [0.1, 0.15) is 12.6 Å². The van der Waals surface area contributed by atoms with Crippen LogP contribution in [0.3, 0.4) is 0 Å². The van der Waals surface area contributed by atoms with Crippen molar-refractivity contribution in [2.45, 2.75) is 13.0 Å². The van der Waals surface area contributed by atoms with Crippen molar-refractivity contribution in [1.29, 1.82) is 0 Å². The molecule has 0 saturated carbocycles. The number of ether oxygens (including phenoxy) is 1. The number of carbonyl (C=O) groups excluding carboxylic acids is 3. The summed E-state index contributed by atoms with van der Waals surface area (Å²) in [5.41, 5.74) is 0.701. The number of amides is 4. The molecule has 1 unspecified atom stereocenters. The number of piperazine rings is 1. The summed E-state index contributed by atoms with van der Waals surface area (Å²) < 4.78 is 18.9. The van der Waals surface area contributed by atoms with Gasteiger partial charge in [0.2, 0.25) is 5.91 Å². The molecule has 8 heteroatoms. The van der Waals surface area contributed by atoms with Crippen LogP contribution in [0.15, 0.2) is 12.1 Å². The third-order valence-electron chi connectivity index (χ3n) is 4.21. The molecule has 7 nitrogen and oxygen atoms in total. The van der Waals surface area contributed by atoms with Crippen LogP contribution >= 0.6 is 0 Å². The van der Waals surface area contributed by atoms with Gasteiger partial charge < -0.3 is 14.5 Å². The Morgan fingerprint density at radius 1 is 1.26 bits per heavy atom. The second-order valence-electron chi connectivity index (χ2n) is 5.65. The van der Waals surface area contributed by atoms with Crippen LogP contribution in [0.1, 0.15) is 5.56 Å². The third-order valence-corrected chi connectivity index (χ3v) is 4.21. The number of carbonyl (C=O) groups is 3. The maximum Gasteiger partial charge on any atom is 0.332 e. The molecule has 4 amide bonds. The number of hydrogen-bond donors (Lipinski definition) is 0. The van der Waals surface area contributed by atoms with Crippen molar-refractivity contribution < 1.29 is 23.5 Å². The minimum absolute atomic E-state index is 0.0398. The zero-order chi connectivity index (χ0) is 16.9. The van der Waals surface area contributed by atoms with E-state index in [1.54, 1.807) is 14.0 Å². The minimum atomic E-state index is -0.727. The lowest BCUT2D eigenvalue weighted by Crippen LogP contribution is -2.54. The van der Waals surface area contributed by atoms with Gasteiger partial charge in [-0.1, -0.05) is 0 Å². The number of halogens is 1. The lowest BCUT2D eigenvalue weighted by molar-refractivity contribution is -0.136. The molecule has 0 N–H and O–H groups in total. The summed E-state index contributed by atoms with van der Waals surface area (Å²) in [6.45, 7) is 1.64. The highest BCUT2D eigenvalue weighted by Gasteiger charge is 2.50. The molecule has 23 heavy (non-hydrogen) atoms. The number of aryl methyl sites for hydroxylation is 1. The first-order chi connectivity index (χ1) is 10.8. The quantitative estimate of drug-likeness (QED) is 0.754. The number of methoxy groups -OCH3 is 1. The van der Waals surface area contributed by atoms with E-state index in [4.69, 9.17) is 4.74 Å². The predicted molar refractivity (Wildman–Crippen MR) is 78.7 cm³/mol. The van der Waals surface area contributed by atoms with Crippen LogP contribution < -0.4 is 9.64 Å². The Morgan fingerprint density at radius 3 is 2.61 bits per heavy atom. The van der Waals surface area contributed by atoms with Crippen molar-refractivity contribution in [3.63, 3.8) is 0 Å². The molecular formula is C15H16FN3O4. The maximum atomic E-state index is 14.0. The smallest absolute Gasteiger partial charge is 0.332 e. The van der Waals surface area contributed by atoms with Crippen LogP contribution in [-0.2, 0) is 9.59 Å². The zero-order valence-corrected chi connectivity index (χ0v) is 13.0. The Hall–Kier alpha value is -2.64. The van der Waals surface area contributed by atoms with Crippen molar-refractivity contribution in [2.75, 3.05) is 32.1 Å². The second kappa shape index (κ2) is 5.22. The SMILES string of the molecule is COc1cc(C)c(N2C(=O)C3CN(C)C(=O)CN3C2=O)cc1F. The molecule has 2 aliphatic heterocycles. The molecule has 1 aromatic carbocycles. The van der Waals surface area contributed by atoms with Gasteiger partial charge in [0.25, 0.3) is 5.91 Å². The summed E-state index contributed by atoms with van der Waals surface area (Å²) in [6, 6.07) is 1.21. The van der Waals surface area contributed by atoms with Gasteiger partial charge in [-0.3, -0.25) is 9.59 Å². The molecule has 1 atom stereocenters. The van der Waals surface area contributed by atoms with Crippen LogP contribution in [0.4, 0.5) is 14.9 Å². The predicted octanol–water partition coefficient (Wildman–Crippen LogP) is 0.752. The summed E-state index contributed by atoms with van der Waals surface area (Å²) in [5.74, 6) is -1.31. The molecule has 0 bridgehead atoms. The van der Waals surface area contributed by atoms with Crippen molar-refractivity contribution in [1.82, 2.24) is 9.80 Å². The molecule has 2 saturated heterocycles. The number of hydrogen-bond acceptors (Lipinski definition) is 4. The Balaban J connectivity index is 2.01. The van der Waals surface area contributed by atoms with Gasteiger partial charge in [0.15, 0.2) is 11.6 Å². The Bertz CT molecular complexity index is 721. The van der Waals surface area contributed by atoms with Gasteiger partial charge in [0, 0.05) is 19.7 Å². The molecule has 2 heterocycles. The van der Waals surface area contributed by atoms with Crippen LogP contribution in [-0.4, -0.2) is 60.9 Å². The number of fused-ring (bicyclic) bond motifs is 1. The fraction of sp³-hybridized carbons (Fsp3) is 0.400. The van der Waals surface area contributed by atoms with E-state index < -0.39 is 23.8 Å². The van der Waals surface area contributed by atoms with E-state index >= 15 is 0 Å². The van der Waals surface area contributed by atoms with Crippen molar-refractivity contribution in [2.24, 2.45) is 0 Å². The van der Waals surface area contributed by atoms with Crippen LogP contribution in [0.25, 0.3) is 0 Å². The van der Waals surface area contributed by atoms with Gasteiger partial charge in [0.05, 0.1) is 12.8 Å². The first-order valence-corrected chi connectivity index (χ1v) is 7.07. The summed E-state index contributed by atoms with van der Waals surface area (Å²) in [7, 11) is 2.92. The zero-order valence-electron chi connectivity index (χ0n) is 13.0. The minimum Gasteiger partial charge on any atom is -0.494 e. The fourth-order valence-electron chi connectivity index (χ4n) is 2.88. The highest BCUT2D eigenvalue weighted by molar-refractivity contribution is 6.22. The molecular weight excluding hydrogens is 305 g/mol. The molecule has 3 rings (SSSR count). The fourth-order valence-corrected chi connectivity index (χ4v) is 2.88. The summed E-state index contributed by atoms with van der Waals surface area (Å²) in [6.07, 6.45) is 0. The van der Waals surface area contributed by atoms with Gasteiger partial charge in [-0.25, -0.2) is 14.1 Å². The van der Waals surface area contributed by atoms with Crippen molar-refractivity contribution in [3.8, 4) is 5.75 Å². The molecule has 0 radical (unpaired) electrons. The van der Waals surface area contributed by atoms with Gasteiger partial charge >= 0.3 is 6.03 Å². The van der Waals surface area contributed by atoms with Crippen molar-refractivity contribution in [3.05, 3.63) is 23.5 Å². The lowest BCUT2D eigenvalue weighted by atomic mass is 10.1. The Kier molecular flexibility index (Phi) is 3.46. The van der Waals surface area contributed by atoms with Gasteiger partial charge in [-0.15, -0.1) is 0 Å². The molecule has 2 fully saturated rings. The topological polar surface area (TPSA) is 70.2 Å².